The van der Waals surface area contributed by atoms with E-state index in [1.807, 2.05) is 6.07 Å². The topological polar surface area (TPSA) is 83.8 Å². The molecule has 7 heteroatoms. The van der Waals surface area contributed by atoms with Gasteiger partial charge in [0, 0.05) is 0 Å². The molecular weight excluding hydrogens is 526 g/mol. The van der Waals surface area contributed by atoms with E-state index in [2.05, 4.69) is 6.92 Å². The van der Waals surface area contributed by atoms with Gasteiger partial charge in [0.15, 0.2) is 21.2 Å². The fourth-order valence-electron chi connectivity index (χ4n) is 3.84. The molecule has 0 bridgehead atoms. The molecular formula is C24H42IO5P. The summed E-state index contributed by atoms with van der Waals surface area (Å²) in [7, 11) is -4.63. The maximum atomic E-state index is 11.2. The van der Waals surface area contributed by atoms with Crippen LogP contribution >= 0.6 is 29.0 Å². The molecule has 1 aromatic carbocycles. The van der Waals surface area contributed by atoms with E-state index in [1.54, 1.807) is 12.1 Å². The monoisotopic (exact) mass is 568 g/mol. The molecule has 0 atom stereocenters. The maximum absolute atomic E-state index is 11.2. The lowest BCUT2D eigenvalue weighted by Crippen LogP contribution is -1.95. The molecule has 0 fully saturated rings. The SMILES string of the molecule is CCCCCCCCCCCCCCCCCCc1ccc(I=O)c(OP(=O)(O)O)c1. The van der Waals surface area contributed by atoms with Gasteiger partial charge in [-0.05, 0) is 30.5 Å². The van der Waals surface area contributed by atoms with Crippen molar-refractivity contribution in [3.05, 3.63) is 27.3 Å². The predicted molar refractivity (Wildman–Crippen MR) is 136 cm³/mol. The highest BCUT2D eigenvalue weighted by Gasteiger charge is 2.19. The zero-order valence-corrected chi connectivity index (χ0v) is 22.2. The summed E-state index contributed by atoms with van der Waals surface area (Å²) in [4.78, 5) is 18.0. The number of rotatable bonds is 20. The first kappa shape index (κ1) is 28.7. The third-order valence-electron chi connectivity index (χ3n) is 5.62. The molecule has 0 amide bonds. The van der Waals surface area contributed by atoms with Crippen LogP contribution in [-0.2, 0) is 14.1 Å². The number of hydrogen-bond acceptors (Lipinski definition) is 3. The Hall–Kier alpha value is -0.300. The molecule has 0 aliphatic carbocycles. The van der Waals surface area contributed by atoms with Crippen molar-refractivity contribution in [3.8, 4) is 5.75 Å². The van der Waals surface area contributed by atoms with Crippen LogP contribution in [0.1, 0.15) is 115 Å². The van der Waals surface area contributed by atoms with Crippen molar-refractivity contribution in [3.63, 3.8) is 0 Å². The summed E-state index contributed by atoms with van der Waals surface area (Å²) in [5.41, 5.74) is 0.968. The van der Waals surface area contributed by atoms with Gasteiger partial charge in [-0.25, -0.2) is 4.57 Å². The van der Waals surface area contributed by atoms with E-state index in [4.69, 9.17) is 14.3 Å². The molecule has 31 heavy (non-hydrogen) atoms. The number of benzene rings is 1. The van der Waals surface area contributed by atoms with E-state index in [1.165, 1.54) is 89.9 Å². The van der Waals surface area contributed by atoms with Gasteiger partial charge in [-0.2, -0.15) is 0 Å². The van der Waals surface area contributed by atoms with E-state index in [0.717, 1.165) is 24.8 Å². The number of halogens is 1. The van der Waals surface area contributed by atoms with Gasteiger partial charge in [0.2, 0.25) is 0 Å². The van der Waals surface area contributed by atoms with Crippen LogP contribution in [0.25, 0.3) is 0 Å². The normalized spacial score (nSPS) is 11.7. The molecule has 0 unspecified atom stereocenters. The fraction of sp³-hybridized carbons (Fsp3) is 0.750. The molecule has 0 heterocycles. The fourth-order valence-corrected chi connectivity index (χ4v) is 5.23. The van der Waals surface area contributed by atoms with Crippen LogP contribution in [0.2, 0.25) is 0 Å². The van der Waals surface area contributed by atoms with Gasteiger partial charge < -0.3 is 4.52 Å². The van der Waals surface area contributed by atoms with Gasteiger partial charge in [0.05, 0.1) is 3.57 Å². The third-order valence-corrected chi connectivity index (χ3v) is 7.42. The van der Waals surface area contributed by atoms with E-state index in [9.17, 15) is 7.63 Å². The molecule has 0 aliphatic rings. The maximum Gasteiger partial charge on any atom is 0.524 e. The highest BCUT2D eigenvalue weighted by Crippen LogP contribution is 2.40. The predicted octanol–water partition coefficient (Wildman–Crippen LogP) is 8.45. The van der Waals surface area contributed by atoms with Crippen LogP contribution in [-0.4, -0.2) is 9.79 Å². The van der Waals surface area contributed by atoms with Crippen LogP contribution < -0.4 is 4.52 Å². The highest BCUT2D eigenvalue weighted by molar-refractivity contribution is 14.1. The van der Waals surface area contributed by atoms with Gasteiger partial charge in [0.25, 0.3) is 0 Å². The standard InChI is InChI=1S/C24H42IO5P/c1-2-3-4-5-6-7-8-9-10-11-12-13-14-15-16-17-18-22-19-20-23(25-26)24(21-22)30-31(27,28)29/h19-21H,2-18H2,1H3,(H2,27,28,29). The van der Waals surface area contributed by atoms with Gasteiger partial charge >= 0.3 is 7.82 Å². The molecule has 1 aromatic rings. The molecule has 180 valence electrons. The first-order valence-electron chi connectivity index (χ1n) is 12.1. The molecule has 5 nitrogen and oxygen atoms in total. The molecule has 1 rings (SSSR count). The molecule has 0 aliphatic heterocycles. The Morgan fingerprint density at radius 3 is 1.65 bits per heavy atom. The van der Waals surface area contributed by atoms with Crippen LogP contribution in [0.15, 0.2) is 18.2 Å². The van der Waals surface area contributed by atoms with Crippen molar-refractivity contribution < 1.29 is 21.9 Å². The Labute approximate surface area is 199 Å². The van der Waals surface area contributed by atoms with Crippen molar-refractivity contribution in [2.45, 2.75) is 116 Å². The van der Waals surface area contributed by atoms with Crippen molar-refractivity contribution in [1.82, 2.24) is 0 Å². The molecule has 0 saturated heterocycles. The summed E-state index contributed by atoms with van der Waals surface area (Å²) in [5.74, 6) is 0.0603. The molecule has 0 spiro atoms. The van der Waals surface area contributed by atoms with E-state index < -0.39 is 29.0 Å². The third kappa shape index (κ3) is 16.0. The number of hydrogen-bond donors (Lipinski definition) is 2. The average Bonchev–Trinajstić information content (AvgIpc) is 2.72. The Morgan fingerprint density at radius 1 is 0.774 bits per heavy atom. The van der Waals surface area contributed by atoms with Gasteiger partial charge in [-0.3, -0.25) is 12.9 Å². The number of aryl methyl sites for hydroxylation is 1. The Balaban J connectivity index is 2.01. The molecule has 2 N–H and O–H groups in total. The van der Waals surface area contributed by atoms with E-state index >= 15 is 0 Å². The van der Waals surface area contributed by atoms with Crippen LogP contribution in [0.5, 0.6) is 5.75 Å². The average molecular weight is 568 g/mol. The van der Waals surface area contributed by atoms with Gasteiger partial charge in [-0.15, -0.1) is 0 Å². The van der Waals surface area contributed by atoms with Crippen LogP contribution in [0.4, 0.5) is 0 Å². The second kappa shape index (κ2) is 18.2. The summed E-state index contributed by atoms with van der Waals surface area (Å²) in [6.45, 7) is 2.27. The lowest BCUT2D eigenvalue weighted by atomic mass is 10.0. The smallest absolute Gasteiger partial charge is 0.403 e. The highest BCUT2D eigenvalue weighted by atomic mass is 127. The first-order chi connectivity index (χ1) is 15.0. The number of unbranched alkanes of at least 4 members (excludes halogenated alkanes) is 15. The second-order valence-corrected chi connectivity index (χ2v) is 11.2. The summed E-state index contributed by atoms with van der Waals surface area (Å²) < 4.78 is 27.4. The van der Waals surface area contributed by atoms with Crippen molar-refractivity contribution in [1.29, 1.82) is 0 Å². The zero-order chi connectivity index (χ0) is 22.8. The summed E-state index contributed by atoms with van der Waals surface area (Å²) in [6.07, 6.45) is 22.2. The van der Waals surface area contributed by atoms with E-state index in [-0.39, 0.29) is 5.75 Å². The first-order valence-corrected chi connectivity index (χ1v) is 15.6. The van der Waals surface area contributed by atoms with Crippen molar-refractivity contribution >= 4 is 29.0 Å². The minimum atomic E-state index is -4.63. The number of phosphoric ester groups is 1. The summed E-state index contributed by atoms with van der Waals surface area (Å²) in [6, 6.07) is 5.16. The quantitative estimate of drug-likeness (QED) is 0.0937. The number of phosphoric acid groups is 1. The van der Waals surface area contributed by atoms with Crippen molar-refractivity contribution in [2.75, 3.05) is 0 Å². The largest absolute Gasteiger partial charge is 0.524 e. The zero-order valence-electron chi connectivity index (χ0n) is 19.2. The second-order valence-electron chi connectivity index (χ2n) is 8.48. The Kier molecular flexibility index (Phi) is 16.8. The lowest BCUT2D eigenvalue weighted by Gasteiger charge is -2.10. The van der Waals surface area contributed by atoms with Gasteiger partial charge in [-0.1, -0.05) is 109 Å². The molecule has 0 aromatic heterocycles. The van der Waals surface area contributed by atoms with Crippen LogP contribution in [0.3, 0.4) is 0 Å². The summed E-state index contributed by atoms with van der Waals surface area (Å²) in [5, 5.41) is 0. The molecule has 0 saturated carbocycles. The minimum absolute atomic E-state index is 0.0603. The molecule has 0 radical (unpaired) electrons. The summed E-state index contributed by atoms with van der Waals surface area (Å²) >= 11 is -1.53. The van der Waals surface area contributed by atoms with Crippen molar-refractivity contribution in [2.24, 2.45) is 0 Å². The van der Waals surface area contributed by atoms with Gasteiger partial charge in [0.1, 0.15) is 5.75 Å². The minimum Gasteiger partial charge on any atom is -0.403 e. The van der Waals surface area contributed by atoms with E-state index in [0.29, 0.717) is 3.57 Å². The Morgan fingerprint density at radius 2 is 1.23 bits per heavy atom. The Bertz CT molecular complexity index is 647. The lowest BCUT2D eigenvalue weighted by molar-refractivity contribution is 0.282. The van der Waals surface area contributed by atoms with Crippen LogP contribution in [0, 0.1) is 3.57 Å².